The number of nitrogens with zero attached hydrogens (tertiary/aromatic N) is 2. The molecular formula is C30H28N2O6S. The molecule has 1 fully saturated rings. The molecule has 3 aromatic carbocycles. The SMILES string of the molecule is CCOc1ccc(/C(O)=C2\C(=O)C(=O)N(c3nc4ccc(CC)cc4s3)C2c2ccc(O)cc2)c(OCC)c1. The largest absolute Gasteiger partial charge is 0.508 e. The van der Waals surface area contributed by atoms with Crippen LogP contribution in [0, 0.1) is 0 Å². The molecule has 1 unspecified atom stereocenters. The van der Waals surface area contributed by atoms with Crippen LogP contribution in [0.1, 0.15) is 43.5 Å². The predicted octanol–water partition coefficient (Wildman–Crippen LogP) is 5.99. The topological polar surface area (TPSA) is 109 Å². The van der Waals surface area contributed by atoms with Crippen molar-refractivity contribution in [1.29, 1.82) is 0 Å². The maximum absolute atomic E-state index is 13.6. The Kier molecular flexibility index (Phi) is 7.26. The number of carbonyl (C=O) groups excluding carboxylic acids is 2. The van der Waals surface area contributed by atoms with Gasteiger partial charge < -0.3 is 19.7 Å². The summed E-state index contributed by atoms with van der Waals surface area (Å²) in [5.74, 6) is -1.09. The average Bonchev–Trinajstić information content (AvgIpc) is 3.47. The van der Waals surface area contributed by atoms with E-state index in [-0.39, 0.29) is 22.6 Å². The molecule has 0 radical (unpaired) electrons. The van der Waals surface area contributed by atoms with Crippen LogP contribution in [-0.4, -0.2) is 40.1 Å². The first-order chi connectivity index (χ1) is 18.9. The van der Waals surface area contributed by atoms with E-state index in [1.807, 2.05) is 32.0 Å². The Morgan fingerprint density at radius 2 is 1.72 bits per heavy atom. The van der Waals surface area contributed by atoms with Crippen LogP contribution < -0.4 is 14.4 Å². The predicted molar refractivity (Wildman–Crippen MR) is 151 cm³/mol. The summed E-state index contributed by atoms with van der Waals surface area (Å²) >= 11 is 1.31. The highest BCUT2D eigenvalue weighted by Gasteiger charge is 2.48. The molecule has 1 aromatic heterocycles. The second-order valence-corrected chi connectivity index (χ2v) is 9.95. The fourth-order valence-electron chi connectivity index (χ4n) is 4.66. The molecule has 4 aromatic rings. The van der Waals surface area contributed by atoms with E-state index in [9.17, 15) is 19.8 Å². The number of ether oxygens (including phenoxy) is 2. The Bertz CT molecular complexity index is 1590. The number of aliphatic hydroxyl groups is 1. The van der Waals surface area contributed by atoms with Crippen LogP contribution in [0.4, 0.5) is 5.13 Å². The molecule has 1 saturated heterocycles. The third kappa shape index (κ3) is 4.81. The zero-order chi connectivity index (χ0) is 27.7. The summed E-state index contributed by atoms with van der Waals surface area (Å²) in [6.45, 7) is 6.49. The number of phenols is 1. The smallest absolute Gasteiger partial charge is 0.301 e. The number of hydrogen-bond acceptors (Lipinski definition) is 8. The number of Topliss-reactive ketones (excluding diaryl/α,β-unsaturated/α-hetero) is 1. The van der Waals surface area contributed by atoms with E-state index >= 15 is 0 Å². The van der Waals surface area contributed by atoms with Gasteiger partial charge in [0.1, 0.15) is 23.0 Å². The second-order valence-electron chi connectivity index (χ2n) is 8.94. The molecule has 1 aliphatic rings. The van der Waals surface area contributed by atoms with Crippen LogP contribution in [0.2, 0.25) is 0 Å². The number of carbonyl (C=O) groups is 2. The number of anilines is 1. The number of ketones is 1. The fraction of sp³-hybridized carbons (Fsp3) is 0.233. The lowest BCUT2D eigenvalue weighted by Gasteiger charge is -2.23. The van der Waals surface area contributed by atoms with Gasteiger partial charge >= 0.3 is 5.91 Å². The average molecular weight is 545 g/mol. The van der Waals surface area contributed by atoms with Crippen molar-refractivity contribution in [2.24, 2.45) is 0 Å². The van der Waals surface area contributed by atoms with Crippen molar-refractivity contribution in [3.8, 4) is 17.2 Å². The zero-order valence-electron chi connectivity index (χ0n) is 21.8. The van der Waals surface area contributed by atoms with Crippen LogP contribution in [0.3, 0.4) is 0 Å². The quantitative estimate of drug-likeness (QED) is 0.159. The van der Waals surface area contributed by atoms with Gasteiger partial charge in [-0.15, -0.1) is 0 Å². The van der Waals surface area contributed by atoms with Crippen LogP contribution in [-0.2, 0) is 16.0 Å². The molecule has 2 heterocycles. The molecule has 1 aliphatic heterocycles. The number of fused-ring (bicyclic) bond motifs is 1. The number of phenolic OH excluding ortho intramolecular Hbond substituents is 1. The standard InChI is InChI=1S/C30H28N2O6S/c1-4-17-7-14-22-24(15-17)39-30(31-22)32-26(18-8-10-19(33)11-9-18)25(28(35)29(32)36)27(34)21-13-12-20(37-5-2)16-23(21)38-6-3/h7-16,26,33-34H,4-6H2,1-3H3/b27-25+. The molecule has 8 nitrogen and oxygen atoms in total. The van der Waals surface area contributed by atoms with E-state index < -0.39 is 17.7 Å². The van der Waals surface area contributed by atoms with Gasteiger partial charge in [0.25, 0.3) is 5.78 Å². The van der Waals surface area contributed by atoms with Crippen molar-refractivity contribution in [2.45, 2.75) is 33.2 Å². The van der Waals surface area contributed by atoms with Gasteiger partial charge in [0.2, 0.25) is 0 Å². The maximum atomic E-state index is 13.6. The van der Waals surface area contributed by atoms with Gasteiger partial charge in [0.05, 0.1) is 40.6 Å². The molecule has 2 N–H and O–H groups in total. The summed E-state index contributed by atoms with van der Waals surface area (Å²) in [7, 11) is 0. The lowest BCUT2D eigenvalue weighted by molar-refractivity contribution is -0.132. The number of aromatic hydroxyl groups is 1. The molecule has 0 saturated carbocycles. The highest BCUT2D eigenvalue weighted by atomic mass is 32.1. The third-order valence-electron chi connectivity index (χ3n) is 6.53. The van der Waals surface area contributed by atoms with Crippen molar-refractivity contribution in [1.82, 2.24) is 4.98 Å². The Morgan fingerprint density at radius 3 is 2.41 bits per heavy atom. The minimum absolute atomic E-state index is 0.0351. The molecule has 0 aliphatic carbocycles. The number of rotatable bonds is 8. The minimum Gasteiger partial charge on any atom is -0.508 e. The summed E-state index contributed by atoms with van der Waals surface area (Å²) in [5, 5.41) is 21.8. The van der Waals surface area contributed by atoms with Crippen LogP contribution >= 0.6 is 11.3 Å². The van der Waals surface area contributed by atoms with E-state index in [1.54, 1.807) is 30.3 Å². The molecular weight excluding hydrogens is 516 g/mol. The first kappa shape index (κ1) is 26.2. The summed E-state index contributed by atoms with van der Waals surface area (Å²) < 4.78 is 12.2. The number of aromatic nitrogens is 1. The Balaban J connectivity index is 1.71. The highest BCUT2D eigenvalue weighted by Crippen LogP contribution is 2.45. The summed E-state index contributed by atoms with van der Waals surface area (Å²) in [6.07, 6.45) is 0.853. The van der Waals surface area contributed by atoms with Gasteiger partial charge in [-0.2, -0.15) is 0 Å². The first-order valence-electron chi connectivity index (χ1n) is 12.8. The molecule has 1 atom stereocenters. The highest BCUT2D eigenvalue weighted by molar-refractivity contribution is 7.22. The van der Waals surface area contributed by atoms with Crippen molar-refractivity contribution in [3.63, 3.8) is 0 Å². The van der Waals surface area contributed by atoms with Crippen molar-refractivity contribution >= 4 is 44.1 Å². The monoisotopic (exact) mass is 544 g/mol. The van der Waals surface area contributed by atoms with Crippen molar-refractivity contribution < 1.29 is 29.3 Å². The van der Waals surface area contributed by atoms with Gasteiger partial charge in [0.15, 0.2) is 5.13 Å². The molecule has 0 bridgehead atoms. The number of amides is 1. The normalized spacial score (nSPS) is 16.7. The molecule has 1 amide bonds. The molecule has 200 valence electrons. The number of benzene rings is 3. The Hall–Kier alpha value is -4.37. The number of hydrogen-bond donors (Lipinski definition) is 2. The van der Waals surface area contributed by atoms with Gasteiger partial charge in [-0.1, -0.05) is 36.5 Å². The van der Waals surface area contributed by atoms with E-state index in [0.717, 1.165) is 16.7 Å². The van der Waals surface area contributed by atoms with Crippen LogP contribution in [0.25, 0.3) is 16.0 Å². The van der Waals surface area contributed by atoms with E-state index in [1.165, 1.54) is 28.4 Å². The van der Waals surface area contributed by atoms with Crippen LogP contribution in [0.15, 0.2) is 66.2 Å². The van der Waals surface area contributed by atoms with Crippen LogP contribution in [0.5, 0.6) is 17.2 Å². The molecule has 39 heavy (non-hydrogen) atoms. The summed E-state index contributed by atoms with van der Waals surface area (Å²) in [4.78, 5) is 33.1. The van der Waals surface area contributed by atoms with Gasteiger partial charge in [-0.05, 0) is 67.8 Å². The minimum atomic E-state index is -0.974. The maximum Gasteiger partial charge on any atom is 0.301 e. The number of aliphatic hydroxyl groups excluding tert-OH is 1. The van der Waals surface area contributed by atoms with Gasteiger partial charge in [0, 0.05) is 6.07 Å². The summed E-state index contributed by atoms with van der Waals surface area (Å²) in [6, 6.07) is 16.1. The third-order valence-corrected chi connectivity index (χ3v) is 7.55. The second kappa shape index (κ2) is 10.8. The Morgan fingerprint density at radius 1 is 0.974 bits per heavy atom. The van der Waals surface area contributed by atoms with E-state index in [2.05, 4.69) is 11.9 Å². The lowest BCUT2D eigenvalue weighted by Crippen LogP contribution is -2.29. The fourth-order valence-corrected chi connectivity index (χ4v) is 5.71. The van der Waals surface area contributed by atoms with Crippen molar-refractivity contribution in [2.75, 3.05) is 18.1 Å². The van der Waals surface area contributed by atoms with Gasteiger partial charge in [-0.25, -0.2) is 4.98 Å². The number of thiazole rings is 1. The number of aryl methyl sites for hydroxylation is 1. The lowest BCUT2D eigenvalue weighted by atomic mass is 9.95. The summed E-state index contributed by atoms with van der Waals surface area (Å²) in [5.41, 5.74) is 2.55. The molecule has 0 spiro atoms. The van der Waals surface area contributed by atoms with Crippen molar-refractivity contribution in [3.05, 3.63) is 82.9 Å². The van der Waals surface area contributed by atoms with Gasteiger partial charge in [-0.3, -0.25) is 14.5 Å². The Labute approximate surface area is 229 Å². The van der Waals surface area contributed by atoms with E-state index in [0.29, 0.717) is 40.9 Å². The molecule has 5 rings (SSSR count). The first-order valence-corrected chi connectivity index (χ1v) is 13.6. The zero-order valence-corrected chi connectivity index (χ0v) is 22.6. The molecule has 9 heteroatoms. The van der Waals surface area contributed by atoms with E-state index in [4.69, 9.17) is 9.47 Å².